The monoisotopic (exact) mass is 740 g/mol. The van der Waals surface area contributed by atoms with Crippen molar-refractivity contribution in [1.82, 2.24) is 0 Å². The number of phenols is 4. The minimum absolute atomic E-state index is 0.0116. The van der Waals surface area contributed by atoms with Gasteiger partial charge in [0.25, 0.3) is 0 Å². The molecule has 3 heterocycles. The van der Waals surface area contributed by atoms with Gasteiger partial charge in [0, 0.05) is 23.8 Å². The summed E-state index contributed by atoms with van der Waals surface area (Å²) in [5.74, 6) is -3.27. The van der Waals surface area contributed by atoms with Gasteiger partial charge in [-0.2, -0.15) is 0 Å². The highest BCUT2D eigenvalue weighted by Gasteiger charge is 2.50. The number of ether oxygens (including phenoxy) is 5. The second-order valence-electron chi connectivity index (χ2n) is 12.5. The average molecular weight is 741 g/mol. The molecular weight excluding hydrogens is 704 g/mol. The van der Waals surface area contributed by atoms with Gasteiger partial charge in [-0.1, -0.05) is 12.1 Å². The zero-order valence-corrected chi connectivity index (χ0v) is 27.7. The van der Waals surface area contributed by atoms with E-state index in [4.69, 9.17) is 28.1 Å². The Balaban J connectivity index is 1.36. The molecule has 0 amide bonds. The van der Waals surface area contributed by atoms with E-state index in [1.165, 1.54) is 61.5 Å². The first-order valence-electron chi connectivity index (χ1n) is 16.2. The Bertz CT molecular complexity index is 2010. The third-order valence-electron chi connectivity index (χ3n) is 8.72. The van der Waals surface area contributed by atoms with Crippen LogP contribution in [0, 0.1) is 0 Å². The molecule has 0 unspecified atom stereocenters. The molecule has 2 aliphatic heterocycles. The predicted molar refractivity (Wildman–Crippen MR) is 180 cm³/mol. The van der Waals surface area contributed by atoms with Gasteiger partial charge in [0.15, 0.2) is 18.2 Å². The van der Waals surface area contributed by atoms with E-state index in [0.717, 1.165) is 18.2 Å². The molecule has 3 aromatic carbocycles. The molecule has 2 fully saturated rings. The third kappa shape index (κ3) is 7.92. The first-order chi connectivity index (χ1) is 25.2. The summed E-state index contributed by atoms with van der Waals surface area (Å²) in [6.45, 7) is 0.776. The van der Waals surface area contributed by atoms with Gasteiger partial charge >= 0.3 is 5.97 Å². The Morgan fingerprint density at radius 3 is 2.11 bits per heavy atom. The molecule has 2 aliphatic rings. The summed E-state index contributed by atoms with van der Waals surface area (Å²) in [7, 11) is 0. The van der Waals surface area contributed by atoms with Crippen LogP contribution >= 0.6 is 0 Å². The topological polar surface area (TPSA) is 275 Å². The van der Waals surface area contributed by atoms with Crippen LogP contribution in [0.1, 0.15) is 12.5 Å². The summed E-state index contributed by atoms with van der Waals surface area (Å²) in [6.07, 6.45) is -14.1. The molecule has 17 heteroatoms. The number of benzene rings is 3. The minimum atomic E-state index is -1.98. The molecule has 0 radical (unpaired) electrons. The number of carbonyl (C=O) groups is 1. The molecule has 53 heavy (non-hydrogen) atoms. The van der Waals surface area contributed by atoms with E-state index in [1.54, 1.807) is 0 Å². The molecule has 1 aromatic heterocycles. The largest absolute Gasteiger partial charge is 0.508 e. The lowest BCUT2D eigenvalue weighted by atomic mass is 9.98. The van der Waals surface area contributed by atoms with Gasteiger partial charge in [0.2, 0.25) is 17.5 Å². The van der Waals surface area contributed by atoms with Gasteiger partial charge in [-0.15, -0.1) is 0 Å². The maximum atomic E-state index is 14.0. The van der Waals surface area contributed by atoms with Gasteiger partial charge in [-0.3, -0.25) is 4.79 Å². The van der Waals surface area contributed by atoms with Crippen molar-refractivity contribution in [1.29, 1.82) is 0 Å². The van der Waals surface area contributed by atoms with Crippen LogP contribution in [0.4, 0.5) is 0 Å². The molecule has 2 saturated heterocycles. The normalized spacial score (nSPS) is 28.9. The zero-order valence-electron chi connectivity index (χ0n) is 27.7. The lowest BCUT2D eigenvalue weighted by Gasteiger charge is -2.43. The molecule has 0 bridgehead atoms. The number of hydrogen-bond donors (Lipinski definition) is 9. The van der Waals surface area contributed by atoms with E-state index in [9.17, 15) is 55.5 Å². The average Bonchev–Trinajstić information content (AvgIpc) is 3.12. The van der Waals surface area contributed by atoms with Crippen LogP contribution in [0.3, 0.4) is 0 Å². The van der Waals surface area contributed by atoms with Gasteiger partial charge in [-0.25, -0.2) is 4.79 Å². The Morgan fingerprint density at radius 1 is 0.774 bits per heavy atom. The number of phenolic OH excluding ortho intramolecular Hbond substituents is 4. The van der Waals surface area contributed by atoms with Crippen LogP contribution in [0.5, 0.6) is 28.7 Å². The fourth-order valence-corrected chi connectivity index (χ4v) is 5.82. The van der Waals surface area contributed by atoms with Crippen molar-refractivity contribution in [2.24, 2.45) is 0 Å². The smallest absolute Gasteiger partial charge is 0.331 e. The second kappa shape index (κ2) is 15.4. The van der Waals surface area contributed by atoms with Crippen molar-refractivity contribution in [3.05, 3.63) is 82.5 Å². The molecule has 0 saturated carbocycles. The summed E-state index contributed by atoms with van der Waals surface area (Å²) in [4.78, 5) is 27.0. The van der Waals surface area contributed by atoms with Crippen LogP contribution in [0.15, 0.2) is 76.0 Å². The fraction of sp³-hybridized carbons (Fsp3) is 0.333. The quantitative estimate of drug-likeness (QED) is 0.0838. The lowest BCUT2D eigenvalue weighted by Crippen LogP contribution is -2.62. The van der Waals surface area contributed by atoms with Gasteiger partial charge in [-0.05, 0) is 55.0 Å². The maximum Gasteiger partial charge on any atom is 0.331 e. The van der Waals surface area contributed by atoms with Crippen molar-refractivity contribution in [3.63, 3.8) is 0 Å². The zero-order chi connectivity index (χ0) is 38.1. The number of aromatic hydroxyl groups is 4. The standard InChI is InChI=1S/C36H36O17/c1-15-26(42)29(45)31(47)35(49-15)48-14-23-27(43)30(46)34(52-24(41)11-4-16-2-7-18(37)8-3-16)36(51-23)53-33-28(44)25-21(40)12-20(39)13-22(25)50-32(33)17-5-9-19(38)10-6-17/h2-13,15,23,26-27,29-31,34-40,42-43,45-47H,14H2,1H3/b11-4+/t15-,23+,26-,27+,29+,30-,31+,34+,35+,36-/m0/s1. The van der Waals surface area contributed by atoms with Crippen molar-refractivity contribution >= 4 is 23.0 Å². The molecular formula is C36H36O17. The maximum absolute atomic E-state index is 14.0. The van der Waals surface area contributed by atoms with E-state index in [1.807, 2.05) is 0 Å². The highest BCUT2D eigenvalue weighted by Crippen LogP contribution is 2.38. The van der Waals surface area contributed by atoms with Crippen LogP contribution < -0.4 is 10.2 Å². The summed E-state index contributed by atoms with van der Waals surface area (Å²) < 4.78 is 34.4. The summed E-state index contributed by atoms with van der Waals surface area (Å²) in [5, 5.41) is 92.7. The van der Waals surface area contributed by atoms with Crippen LogP contribution in [-0.4, -0.2) is 120 Å². The molecule has 9 N–H and O–H groups in total. The van der Waals surface area contributed by atoms with Crippen molar-refractivity contribution in [2.45, 2.75) is 68.3 Å². The first-order valence-corrected chi connectivity index (χ1v) is 16.2. The van der Waals surface area contributed by atoms with Crippen molar-refractivity contribution < 1.29 is 78.9 Å². The van der Waals surface area contributed by atoms with E-state index in [-0.39, 0.29) is 28.4 Å². The second-order valence-corrected chi connectivity index (χ2v) is 12.5. The molecule has 17 nitrogen and oxygen atoms in total. The summed E-state index contributed by atoms with van der Waals surface area (Å²) in [5.41, 5.74) is -0.618. The Labute approximate surface area is 299 Å². The fourth-order valence-electron chi connectivity index (χ4n) is 5.82. The first kappa shape index (κ1) is 37.5. The molecule has 0 aliphatic carbocycles. The number of carbonyl (C=O) groups excluding carboxylic acids is 1. The highest BCUT2D eigenvalue weighted by atomic mass is 16.7. The van der Waals surface area contributed by atoms with Crippen molar-refractivity contribution in [2.75, 3.05) is 6.61 Å². The molecule has 10 atom stereocenters. The Morgan fingerprint density at radius 2 is 1.43 bits per heavy atom. The van der Waals surface area contributed by atoms with E-state index >= 15 is 0 Å². The molecule has 4 aromatic rings. The van der Waals surface area contributed by atoms with Crippen LogP contribution in [0.25, 0.3) is 28.4 Å². The number of rotatable bonds is 9. The van der Waals surface area contributed by atoms with Gasteiger partial charge in [0.05, 0.1) is 12.7 Å². The number of fused-ring (bicyclic) bond motifs is 1. The van der Waals surface area contributed by atoms with E-state index < -0.39 is 102 Å². The highest BCUT2D eigenvalue weighted by molar-refractivity contribution is 5.88. The Kier molecular flexibility index (Phi) is 10.9. The third-order valence-corrected chi connectivity index (χ3v) is 8.72. The number of aliphatic hydroxyl groups is 5. The number of aliphatic hydroxyl groups excluding tert-OH is 5. The lowest BCUT2D eigenvalue weighted by molar-refractivity contribution is -0.319. The SMILES string of the molecule is C[C@@H]1O[C@@H](OC[C@H]2O[C@@H](Oc3c(-c4ccc(O)cc4)oc4cc(O)cc(O)c4c3=O)[C@H](OC(=O)/C=C/c3ccc(O)cc3)[C@@H](O)[C@@H]2O)[C@H](O)[C@H](O)[C@H]1O. The van der Waals surface area contributed by atoms with E-state index in [0.29, 0.717) is 5.56 Å². The molecule has 6 rings (SSSR count). The molecule has 0 spiro atoms. The van der Waals surface area contributed by atoms with Gasteiger partial charge < -0.3 is 74.1 Å². The summed E-state index contributed by atoms with van der Waals surface area (Å²) >= 11 is 0. The predicted octanol–water partition coefficient (Wildman–Crippen LogP) is 0.577. The van der Waals surface area contributed by atoms with E-state index in [2.05, 4.69) is 0 Å². The van der Waals surface area contributed by atoms with Crippen LogP contribution in [-0.2, 0) is 23.7 Å². The minimum Gasteiger partial charge on any atom is -0.508 e. The van der Waals surface area contributed by atoms with Gasteiger partial charge in [0.1, 0.15) is 70.6 Å². The summed E-state index contributed by atoms with van der Waals surface area (Å²) in [6, 6.07) is 13.0. The van der Waals surface area contributed by atoms with Crippen LogP contribution in [0.2, 0.25) is 0 Å². The molecule has 282 valence electrons. The Hall–Kier alpha value is -5.24. The number of esters is 1. The van der Waals surface area contributed by atoms with Crippen molar-refractivity contribution in [3.8, 4) is 40.1 Å². The number of hydrogen-bond acceptors (Lipinski definition) is 17.